The third-order valence-electron chi connectivity index (χ3n) is 7.23. The van der Waals surface area contributed by atoms with E-state index in [2.05, 4.69) is 29.8 Å². The standard InChI is InChI=1S/C33H32BrN3O2/c1-3-5-10-22-36(32(38)27-16-11-13-23-12-6-7-14-26(23)27)30(4-2)31-35-29-17-9-8-15-28(29)33(39)37(31)25-20-18-24(34)19-21-25/h6-9,11-21,30H,3-5,10,22H2,1-2H3. The molecule has 0 N–H and O–H groups in total. The van der Waals surface area contributed by atoms with Crippen LogP contribution in [0.1, 0.15) is 61.8 Å². The third-order valence-corrected chi connectivity index (χ3v) is 7.76. The highest BCUT2D eigenvalue weighted by Gasteiger charge is 2.30. The van der Waals surface area contributed by atoms with E-state index >= 15 is 0 Å². The van der Waals surface area contributed by atoms with E-state index in [0.29, 0.717) is 35.3 Å². The van der Waals surface area contributed by atoms with Crippen LogP contribution in [0.15, 0.2) is 100 Å². The summed E-state index contributed by atoms with van der Waals surface area (Å²) in [5, 5.41) is 2.51. The summed E-state index contributed by atoms with van der Waals surface area (Å²) in [5.74, 6) is 0.535. The van der Waals surface area contributed by atoms with Crippen molar-refractivity contribution in [1.29, 1.82) is 0 Å². The smallest absolute Gasteiger partial charge is 0.266 e. The second-order valence-electron chi connectivity index (χ2n) is 9.76. The Balaban J connectivity index is 1.71. The largest absolute Gasteiger partial charge is 0.328 e. The van der Waals surface area contributed by atoms with Gasteiger partial charge in [-0.25, -0.2) is 4.98 Å². The minimum absolute atomic E-state index is 0.0421. The average molecular weight is 583 g/mol. The molecular weight excluding hydrogens is 550 g/mol. The fraction of sp³-hybridized carbons (Fsp3) is 0.242. The highest BCUT2D eigenvalue weighted by atomic mass is 79.9. The van der Waals surface area contributed by atoms with Crippen LogP contribution in [0.5, 0.6) is 0 Å². The number of aromatic nitrogens is 2. The molecule has 0 radical (unpaired) electrons. The molecule has 5 rings (SSSR count). The van der Waals surface area contributed by atoms with Crippen LogP contribution < -0.4 is 5.56 Å². The number of hydrogen-bond donors (Lipinski definition) is 0. The molecule has 198 valence electrons. The number of benzene rings is 4. The van der Waals surface area contributed by atoms with E-state index in [4.69, 9.17) is 4.98 Å². The molecule has 0 spiro atoms. The zero-order chi connectivity index (χ0) is 27.4. The lowest BCUT2D eigenvalue weighted by atomic mass is 10.0. The van der Waals surface area contributed by atoms with Crippen molar-refractivity contribution in [3.63, 3.8) is 0 Å². The molecule has 0 saturated carbocycles. The summed E-state index contributed by atoms with van der Waals surface area (Å²) >= 11 is 3.50. The summed E-state index contributed by atoms with van der Waals surface area (Å²) in [6.07, 6.45) is 3.55. The maximum absolute atomic E-state index is 14.4. The van der Waals surface area contributed by atoms with Crippen molar-refractivity contribution in [3.8, 4) is 5.69 Å². The van der Waals surface area contributed by atoms with E-state index in [-0.39, 0.29) is 11.5 Å². The third kappa shape index (κ3) is 5.39. The molecule has 6 heteroatoms. The Morgan fingerprint density at radius 3 is 2.31 bits per heavy atom. The number of carbonyl (C=O) groups is 1. The zero-order valence-corrected chi connectivity index (χ0v) is 23.9. The lowest BCUT2D eigenvalue weighted by molar-refractivity contribution is 0.0657. The van der Waals surface area contributed by atoms with E-state index in [9.17, 15) is 9.59 Å². The number of rotatable bonds is 9. The van der Waals surface area contributed by atoms with Crippen LogP contribution in [-0.4, -0.2) is 26.9 Å². The topological polar surface area (TPSA) is 55.2 Å². The van der Waals surface area contributed by atoms with Gasteiger partial charge in [0.15, 0.2) is 0 Å². The Morgan fingerprint density at radius 1 is 0.872 bits per heavy atom. The van der Waals surface area contributed by atoms with E-state index in [1.807, 2.05) is 95.9 Å². The fourth-order valence-corrected chi connectivity index (χ4v) is 5.52. The van der Waals surface area contributed by atoms with Gasteiger partial charge in [0.1, 0.15) is 5.82 Å². The summed E-state index contributed by atoms with van der Waals surface area (Å²) in [5.41, 5.74) is 1.89. The predicted molar refractivity (Wildman–Crippen MR) is 163 cm³/mol. The van der Waals surface area contributed by atoms with Crippen molar-refractivity contribution < 1.29 is 4.79 Å². The Morgan fingerprint density at radius 2 is 1.56 bits per heavy atom. The number of nitrogens with zero attached hydrogens (tertiary/aromatic N) is 3. The minimum atomic E-state index is -0.394. The van der Waals surface area contributed by atoms with Crippen molar-refractivity contribution in [1.82, 2.24) is 14.5 Å². The number of hydrogen-bond acceptors (Lipinski definition) is 3. The lowest BCUT2D eigenvalue weighted by Gasteiger charge is -2.33. The lowest BCUT2D eigenvalue weighted by Crippen LogP contribution is -2.39. The van der Waals surface area contributed by atoms with Gasteiger partial charge in [0.05, 0.1) is 22.6 Å². The Bertz CT molecular complexity index is 1670. The fourth-order valence-electron chi connectivity index (χ4n) is 5.25. The maximum atomic E-state index is 14.4. The van der Waals surface area contributed by atoms with Crippen LogP contribution in [0.25, 0.3) is 27.4 Å². The Labute approximate surface area is 237 Å². The quantitative estimate of drug-likeness (QED) is 0.165. The van der Waals surface area contributed by atoms with Crippen molar-refractivity contribution in [2.75, 3.05) is 6.54 Å². The molecular formula is C33H32BrN3O2. The van der Waals surface area contributed by atoms with E-state index in [1.165, 1.54) is 0 Å². The molecule has 5 nitrogen and oxygen atoms in total. The number of carbonyl (C=O) groups excluding carboxylic acids is 1. The van der Waals surface area contributed by atoms with Crippen LogP contribution >= 0.6 is 15.9 Å². The highest BCUT2D eigenvalue weighted by molar-refractivity contribution is 9.10. The molecule has 0 bridgehead atoms. The number of unbranched alkanes of at least 4 members (excludes halogenated alkanes) is 2. The summed E-state index contributed by atoms with van der Waals surface area (Å²) in [6.45, 7) is 4.79. The average Bonchev–Trinajstić information content (AvgIpc) is 2.97. The summed E-state index contributed by atoms with van der Waals surface area (Å²) < 4.78 is 2.61. The first-order valence-corrected chi connectivity index (χ1v) is 14.4. The van der Waals surface area contributed by atoms with Crippen LogP contribution in [0.4, 0.5) is 0 Å². The number of amides is 1. The molecule has 0 fully saturated rings. The van der Waals surface area contributed by atoms with Gasteiger partial charge < -0.3 is 4.90 Å². The molecule has 4 aromatic carbocycles. The minimum Gasteiger partial charge on any atom is -0.328 e. The number of para-hydroxylation sites is 1. The van der Waals surface area contributed by atoms with Gasteiger partial charge in [-0.15, -0.1) is 0 Å². The molecule has 1 atom stereocenters. The highest BCUT2D eigenvalue weighted by Crippen LogP contribution is 2.30. The van der Waals surface area contributed by atoms with Crippen LogP contribution in [0.2, 0.25) is 0 Å². The molecule has 0 aliphatic carbocycles. The van der Waals surface area contributed by atoms with Crippen LogP contribution in [-0.2, 0) is 0 Å². The Kier molecular flexibility index (Phi) is 8.22. The van der Waals surface area contributed by atoms with Gasteiger partial charge in [0, 0.05) is 16.6 Å². The van der Waals surface area contributed by atoms with E-state index < -0.39 is 6.04 Å². The van der Waals surface area contributed by atoms with Crippen molar-refractivity contribution in [3.05, 3.63) is 117 Å². The molecule has 1 unspecified atom stereocenters. The molecule has 0 aliphatic heterocycles. The second-order valence-corrected chi connectivity index (χ2v) is 10.7. The van der Waals surface area contributed by atoms with Crippen molar-refractivity contribution in [2.24, 2.45) is 0 Å². The SMILES string of the molecule is CCCCCN(C(=O)c1cccc2ccccc12)C(CC)c1nc2ccccc2c(=O)n1-c1ccc(Br)cc1. The van der Waals surface area contributed by atoms with Crippen LogP contribution in [0.3, 0.4) is 0 Å². The molecule has 0 aliphatic rings. The van der Waals surface area contributed by atoms with Gasteiger partial charge in [-0.05, 0) is 66.1 Å². The second kappa shape index (κ2) is 12.0. The van der Waals surface area contributed by atoms with E-state index in [1.54, 1.807) is 4.57 Å². The van der Waals surface area contributed by atoms with Gasteiger partial charge in [-0.1, -0.05) is 91.1 Å². The van der Waals surface area contributed by atoms with Crippen molar-refractivity contribution in [2.45, 2.75) is 45.6 Å². The molecule has 5 aromatic rings. The van der Waals surface area contributed by atoms with Crippen molar-refractivity contribution >= 4 is 43.5 Å². The normalized spacial score (nSPS) is 12.1. The van der Waals surface area contributed by atoms with Gasteiger partial charge in [-0.3, -0.25) is 14.2 Å². The molecule has 1 aromatic heterocycles. The Hall–Kier alpha value is -3.77. The monoisotopic (exact) mass is 581 g/mol. The first kappa shape index (κ1) is 26.8. The summed E-state index contributed by atoms with van der Waals surface area (Å²) in [7, 11) is 0. The maximum Gasteiger partial charge on any atom is 0.266 e. The van der Waals surface area contributed by atoms with E-state index in [0.717, 1.165) is 40.2 Å². The zero-order valence-electron chi connectivity index (χ0n) is 22.3. The predicted octanol–water partition coefficient (Wildman–Crippen LogP) is 8.09. The van der Waals surface area contributed by atoms with Crippen LogP contribution in [0, 0.1) is 0 Å². The summed E-state index contributed by atoms with van der Waals surface area (Å²) in [4.78, 5) is 35.3. The molecule has 39 heavy (non-hydrogen) atoms. The van der Waals surface area contributed by atoms with Gasteiger partial charge in [-0.2, -0.15) is 0 Å². The molecule has 0 saturated heterocycles. The number of fused-ring (bicyclic) bond motifs is 2. The van der Waals surface area contributed by atoms with Gasteiger partial charge >= 0.3 is 0 Å². The van der Waals surface area contributed by atoms with Gasteiger partial charge in [0.2, 0.25) is 0 Å². The molecule has 1 heterocycles. The molecule has 1 amide bonds. The number of halogens is 1. The first-order chi connectivity index (χ1) is 19.0. The summed E-state index contributed by atoms with van der Waals surface area (Å²) in [6, 6.07) is 28.5. The first-order valence-electron chi connectivity index (χ1n) is 13.6. The van der Waals surface area contributed by atoms with Gasteiger partial charge in [0.25, 0.3) is 11.5 Å².